The molecule has 0 aliphatic heterocycles. The molecule has 9 heteroatoms. The van der Waals surface area contributed by atoms with Gasteiger partial charge < -0.3 is 15.6 Å². The summed E-state index contributed by atoms with van der Waals surface area (Å²) in [5.74, 6) is 0.348. The van der Waals surface area contributed by atoms with E-state index in [0.29, 0.717) is 19.0 Å². The van der Waals surface area contributed by atoms with E-state index in [0.717, 1.165) is 22.9 Å². The Hall–Kier alpha value is -1.36. The van der Waals surface area contributed by atoms with Crippen molar-refractivity contribution in [2.45, 2.75) is 6.42 Å². The average Bonchev–Trinajstić information content (AvgIpc) is 2.86. The summed E-state index contributed by atoms with van der Waals surface area (Å²) in [7, 11) is -1.36. The van der Waals surface area contributed by atoms with Gasteiger partial charge in [0.25, 0.3) is 0 Å². The summed E-state index contributed by atoms with van der Waals surface area (Å²) in [5, 5.41) is 7.07. The monoisotopic (exact) mass is 468 g/mol. The first-order valence-corrected chi connectivity index (χ1v) is 9.33. The fourth-order valence-electron chi connectivity index (χ4n) is 2.26. The first-order chi connectivity index (χ1) is 10.9. The summed E-state index contributed by atoms with van der Waals surface area (Å²) >= 11 is 0. The summed E-state index contributed by atoms with van der Waals surface area (Å²) in [6.07, 6.45) is 3.80. The van der Waals surface area contributed by atoms with Crippen LogP contribution in [0, 0.1) is 5.82 Å². The van der Waals surface area contributed by atoms with Crippen LogP contribution < -0.4 is 10.6 Å². The number of aliphatic imine (C=N–C) groups is 1. The number of sulfone groups is 1. The minimum atomic E-state index is -2.99. The lowest BCUT2D eigenvalue weighted by molar-refractivity contribution is 0.600. The molecule has 0 amide bonds. The molecular weight excluding hydrogens is 446 g/mol. The lowest BCUT2D eigenvalue weighted by Gasteiger charge is -2.11. The van der Waals surface area contributed by atoms with Crippen molar-refractivity contribution in [1.82, 2.24) is 15.6 Å². The van der Waals surface area contributed by atoms with Crippen LogP contribution in [0.15, 0.2) is 29.4 Å². The number of guanidine groups is 1. The second kappa shape index (κ2) is 9.21. The zero-order valence-electron chi connectivity index (χ0n) is 13.6. The number of nitrogens with one attached hydrogen (secondary N) is 3. The molecule has 1 aromatic heterocycles. The molecule has 0 saturated carbocycles. The third-order valence-corrected chi connectivity index (χ3v) is 4.35. The van der Waals surface area contributed by atoms with Gasteiger partial charge in [0.15, 0.2) is 5.96 Å². The summed E-state index contributed by atoms with van der Waals surface area (Å²) < 4.78 is 35.3. The topological polar surface area (TPSA) is 86.3 Å². The van der Waals surface area contributed by atoms with Crippen LogP contribution in [-0.2, 0) is 16.3 Å². The fourth-order valence-corrected chi connectivity index (χ4v) is 2.73. The van der Waals surface area contributed by atoms with E-state index in [2.05, 4.69) is 20.6 Å². The van der Waals surface area contributed by atoms with Crippen molar-refractivity contribution in [3.8, 4) is 0 Å². The Morgan fingerprint density at radius 1 is 1.29 bits per heavy atom. The number of halogens is 2. The van der Waals surface area contributed by atoms with Gasteiger partial charge >= 0.3 is 0 Å². The summed E-state index contributed by atoms with van der Waals surface area (Å²) in [6, 6.07) is 4.67. The van der Waals surface area contributed by atoms with E-state index in [9.17, 15) is 12.8 Å². The fraction of sp³-hybridized carbons (Fsp3) is 0.400. The predicted octanol–water partition coefficient (Wildman–Crippen LogP) is 1.68. The first kappa shape index (κ1) is 20.7. The van der Waals surface area contributed by atoms with Crippen molar-refractivity contribution in [2.24, 2.45) is 4.99 Å². The molecule has 0 aliphatic rings. The van der Waals surface area contributed by atoms with Crippen molar-refractivity contribution in [2.75, 3.05) is 32.1 Å². The van der Waals surface area contributed by atoms with Crippen molar-refractivity contribution in [1.29, 1.82) is 0 Å². The van der Waals surface area contributed by atoms with Gasteiger partial charge in [0, 0.05) is 43.5 Å². The highest BCUT2D eigenvalue weighted by Gasteiger charge is 2.06. The Bertz CT molecular complexity index is 805. The van der Waals surface area contributed by atoms with Crippen LogP contribution in [-0.4, -0.2) is 51.5 Å². The lowest BCUT2D eigenvalue weighted by atomic mass is 10.1. The quantitative estimate of drug-likeness (QED) is 0.342. The molecule has 1 aromatic carbocycles. The Morgan fingerprint density at radius 2 is 2.00 bits per heavy atom. The molecule has 134 valence electrons. The van der Waals surface area contributed by atoms with E-state index in [4.69, 9.17) is 0 Å². The smallest absolute Gasteiger partial charge is 0.191 e. The van der Waals surface area contributed by atoms with Crippen molar-refractivity contribution in [3.05, 3.63) is 35.8 Å². The molecule has 24 heavy (non-hydrogen) atoms. The highest BCUT2D eigenvalue weighted by Crippen LogP contribution is 2.19. The zero-order chi connectivity index (χ0) is 16.9. The van der Waals surface area contributed by atoms with Gasteiger partial charge in [-0.15, -0.1) is 24.0 Å². The third kappa shape index (κ3) is 6.27. The molecule has 0 unspecified atom stereocenters. The number of H-pyrrole nitrogens is 1. The Balaban J connectivity index is 0.00000288. The van der Waals surface area contributed by atoms with E-state index in [1.54, 1.807) is 13.1 Å². The summed E-state index contributed by atoms with van der Waals surface area (Å²) in [5.41, 5.74) is 1.86. The second-order valence-corrected chi connectivity index (χ2v) is 7.57. The van der Waals surface area contributed by atoms with Gasteiger partial charge in [-0.2, -0.15) is 0 Å². The number of benzene rings is 1. The number of hydrogen-bond donors (Lipinski definition) is 3. The molecule has 0 atom stereocenters. The SMILES string of the molecule is CN=C(NCCc1c[nH]c2cc(F)ccc12)NCCS(C)(=O)=O.I. The maximum atomic E-state index is 13.2. The Morgan fingerprint density at radius 3 is 2.67 bits per heavy atom. The number of hydrogen-bond acceptors (Lipinski definition) is 3. The van der Waals surface area contributed by atoms with Crippen LogP contribution in [0.25, 0.3) is 10.9 Å². The van der Waals surface area contributed by atoms with Crippen LogP contribution in [0.4, 0.5) is 4.39 Å². The van der Waals surface area contributed by atoms with Gasteiger partial charge in [-0.3, -0.25) is 4.99 Å². The number of aromatic amines is 1. The van der Waals surface area contributed by atoms with Crippen LogP contribution in [0.2, 0.25) is 0 Å². The highest BCUT2D eigenvalue weighted by atomic mass is 127. The number of nitrogens with zero attached hydrogens (tertiary/aromatic N) is 1. The molecule has 0 aliphatic carbocycles. The van der Waals surface area contributed by atoms with Crippen LogP contribution in [0.5, 0.6) is 0 Å². The molecule has 3 N–H and O–H groups in total. The molecule has 1 heterocycles. The molecule has 0 radical (unpaired) electrons. The summed E-state index contributed by atoms with van der Waals surface area (Å²) in [4.78, 5) is 7.09. The van der Waals surface area contributed by atoms with Crippen molar-refractivity contribution >= 4 is 50.7 Å². The average molecular weight is 468 g/mol. The largest absolute Gasteiger partial charge is 0.361 e. The van der Waals surface area contributed by atoms with E-state index in [1.807, 2.05) is 6.20 Å². The molecule has 0 fully saturated rings. The Labute approximate surface area is 158 Å². The number of aromatic nitrogens is 1. The van der Waals surface area contributed by atoms with Gasteiger partial charge in [-0.1, -0.05) is 0 Å². The molecule has 0 bridgehead atoms. The first-order valence-electron chi connectivity index (χ1n) is 7.27. The minimum Gasteiger partial charge on any atom is -0.361 e. The van der Waals surface area contributed by atoms with E-state index >= 15 is 0 Å². The van der Waals surface area contributed by atoms with E-state index in [1.165, 1.54) is 18.4 Å². The molecule has 0 saturated heterocycles. The van der Waals surface area contributed by atoms with Gasteiger partial charge in [0.05, 0.1) is 5.75 Å². The van der Waals surface area contributed by atoms with Crippen LogP contribution in [0.1, 0.15) is 5.56 Å². The van der Waals surface area contributed by atoms with Gasteiger partial charge in [-0.05, 0) is 30.2 Å². The predicted molar refractivity (Wildman–Crippen MR) is 106 cm³/mol. The normalized spacial score (nSPS) is 12.0. The minimum absolute atomic E-state index is 0. The maximum Gasteiger partial charge on any atom is 0.191 e. The number of fused-ring (bicyclic) bond motifs is 1. The molecular formula is C15H22FIN4O2S. The highest BCUT2D eigenvalue weighted by molar-refractivity contribution is 14.0. The summed E-state index contributed by atoms with van der Waals surface area (Å²) in [6.45, 7) is 0.938. The zero-order valence-corrected chi connectivity index (χ0v) is 16.7. The van der Waals surface area contributed by atoms with Crippen LogP contribution in [0.3, 0.4) is 0 Å². The van der Waals surface area contributed by atoms with Crippen LogP contribution >= 0.6 is 24.0 Å². The lowest BCUT2D eigenvalue weighted by Crippen LogP contribution is -2.40. The van der Waals surface area contributed by atoms with E-state index < -0.39 is 9.84 Å². The third-order valence-electron chi connectivity index (χ3n) is 3.41. The van der Waals surface area contributed by atoms with Crippen molar-refractivity contribution in [3.63, 3.8) is 0 Å². The van der Waals surface area contributed by atoms with Gasteiger partial charge in [0.2, 0.25) is 0 Å². The van der Waals surface area contributed by atoms with E-state index in [-0.39, 0.29) is 35.5 Å². The Kier molecular flexibility index (Phi) is 7.94. The van der Waals surface area contributed by atoms with Gasteiger partial charge in [0.1, 0.15) is 15.7 Å². The molecule has 0 spiro atoms. The number of rotatable bonds is 6. The molecule has 6 nitrogen and oxygen atoms in total. The molecule has 2 rings (SSSR count). The van der Waals surface area contributed by atoms with Gasteiger partial charge in [-0.25, -0.2) is 12.8 Å². The molecule has 2 aromatic rings. The van der Waals surface area contributed by atoms with Crippen molar-refractivity contribution < 1.29 is 12.8 Å². The standard InChI is InChI=1S/C15H21FN4O2S.HI/c1-17-15(19-7-8-23(2,21)22)18-6-5-11-10-20-14-9-12(16)3-4-13(11)14;/h3-4,9-10,20H,5-8H2,1-2H3,(H2,17,18,19);1H. The maximum absolute atomic E-state index is 13.2. The second-order valence-electron chi connectivity index (χ2n) is 5.31.